The van der Waals surface area contributed by atoms with Gasteiger partial charge >= 0.3 is 0 Å². The number of pyridine rings is 1. The summed E-state index contributed by atoms with van der Waals surface area (Å²) in [7, 11) is 0. The molecule has 0 aromatic carbocycles. The Bertz CT molecular complexity index is 407. The lowest BCUT2D eigenvalue weighted by molar-refractivity contribution is 0.807. The molecule has 0 N–H and O–H groups in total. The van der Waals surface area contributed by atoms with Crippen LogP contribution in [0.4, 0.5) is 5.82 Å². The van der Waals surface area contributed by atoms with E-state index in [1.807, 2.05) is 12.1 Å². The van der Waals surface area contributed by atoms with Gasteiger partial charge in [-0.05, 0) is 31.9 Å². The molecule has 1 aliphatic carbocycles. The van der Waals surface area contributed by atoms with Crippen LogP contribution in [0, 0.1) is 11.3 Å². The van der Waals surface area contributed by atoms with Gasteiger partial charge in [0.05, 0.1) is 5.02 Å². The predicted octanol–water partition coefficient (Wildman–Crippen LogP) is 2.60. The summed E-state index contributed by atoms with van der Waals surface area (Å²) in [5.74, 6) is 0.862. The third kappa shape index (κ3) is 2.05. The van der Waals surface area contributed by atoms with Crippen LogP contribution in [0.1, 0.15) is 25.5 Å². The minimum Gasteiger partial charge on any atom is -0.354 e. The second kappa shape index (κ2) is 4.08. The third-order valence-electron chi connectivity index (χ3n) is 2.56. The Kier molecular flexibility index (Phi) is 2.79. The summed E-state index contributed by atoms with van der Waals surface area (Å²) in [6, 6.07) is 6.23. The van der Waals surface area contributed by atoms with E-state index in [4.69, 9.17) is 16.9 Å². The quantitative estimate of drug-likeness (QED) is 0.788. The second-order valence-corrected chi connectivity index (χ2v) is 4.04. The van der Waals surface area contributed by atoms with Gasteiger partial charge in [-0.2, -0.15) is 5.26 Å². The third-order valence-corrected chi connectivity index (χ3v) is 2.86. The van der Waals surface area contributed by atoms with E-state index in [2.05, 4.69) is 16.8 Å². The van der Waals surface area contributed by atoms with Gasteiger partial charge in [0.15, 0.2) is 5.69 Å². The molecule has 1 saturated carbocycles. The molecule has 0 saturated heterocycles. The van der Waals surface area contributed by atoms with Crippen molar-refractivity contribution in [3.63, 3.8) is 0 Å². The molecule has 1 heterocycles. The molecule has 1 aromatic heterocycles. The Morgan fingerprint density at radius 3 is 2.87 bits per heavy atom. The SMILES string of the molecule is CCN(c1ccc(Cl)c(C#N)n1)C1CC1. The van der Waals surface area contributed by atoms with Gasteiger partial charge in [-0.15, -0.1) is 0 Å². The number of aromatic nitrogens is 1. The van der Waals surface area contributed by atoms with Crippen LogP contribution in [0.5, 0.6) is 0 Å². The zero-order valence-electron chi connectivity index (χ0n) is 8.57. The molecule has 0 amide bonds. The lowest BCUT2D eigenvalue weighted by Crippen LogP contribution is -2.26. The Morgan fingerprint density at radius 2 is 2.33 bits per heavy atom. The zero-order chi connectivity index (χ0) is 10.8. The fourth-order valence-electron chi connectivity index (χ4n) is 1.66. The van der Waals surface area contributed by atoms with Crippen LogP contribution in [0.15, 0.2) is 12.1 Å². The van der Waals surface area contributed by atoms with Crippen molar-refractivity contribution in [2.45, 2.75) is 25.8 Å². The summed E-state index contributed by atoms with van der Waals surface area (Å²) in [6.07, 6.45) is 2.44. The first-order valence-corrected chi connectivity index (χ1v) is 5.47. The highest BCUT2D eigenvalue weighted by Crippen LogP contribution is 2.31. The van der Waals surface area contributed by atoms with Crippen molar-refractivity contribution in [3.8, 4) is 6.07 Å². The molecule has 3 nitrogen and oxygen atoms in total. The fraction of sp³-hybridized carbons (Fsp3) is 0.455. The molecule has 78 valence electrons. The van der Waals surface area contributed by atoms with Crippen LogP contribution in [0.25, 0.3) is 0 Å². The maximum Gasteiger partial charge on any atom is 0.161 e. The van der Waals surface area contributed by atoms with Crippen LogP contribution in [-0.4, -0.2) is 17.6 Å². The number of nitrogens with zero attached hydrogens (tertiary/aromatic N) is 3. The van der Waals surface area contributed by atoms with Gasteiger partial charge < -0.3 is 4.90 Å². The van der Waals surface area contributed by atoms with E-state index in [0.717, 1.165) is 12.4 Å². The van der Waals surface area contributed by atoms with Crippen molar-refractivity contribution in [2.75, 3.05) is 11.4 Å². The van der Waals surface area contributed by atoms with E-state index in [-0.39, 0.29) is 0 Å². The van der Waals surface area contributed by atoms with E-state index in [0.29, 0.717) is 16.8 Å². The van der Waals surface area contributed by atoms with Gasteiger partial charge in [-0.25, -0.2) is 4.98 Å². The van der Waals surface area contributed by atoms with Crippen LogP contribution in [0.3, 0.4) is 0 Å². The monoisotopic (exact) mass is 221 g/mol. The molecule has 0 bridgehead atoms. The number of halogens is 1. The summed E-state index contributed by atoms with van der Waals surface area (Å²) in [5, 5.41) is 9.26. The highest BCUT2D eigenvalue weighted by atomic mass is 35.5. The zero-order valence-corrected chi connectivity index (χ0v) is 9.33. The molecule has 0 unspecified atom stereocenters. The van der Waals surface area contributed by atoms with Gasteiger partial charge in [-0.1, -0.05) is 11.6 Å². The number of anilines is 1. The van der Waals surface area contributed by atoms with E-state index < -0.39 is 0 Å². The van der Waals surface area contributed by atoms with E-state index in [1.54, 1.807) is 6.07 Å². The van der Waals surface area contributed by atoms with Crippen molar-refractivity contribution in [1.82, 2.24) is 4.98 Å². The number of nitriles is 1. The molecule has 2 rings (SSSR count). The minimum absolute atomic E-state index is 0.313. The molecule has 0 aliphatic heterocycles. The predicted molar refractivity (Wildman–Crippen MR) is 60.0 cm³/mol. The normalized spacial score (nSPS) is 14.7. The maximum absolute atomic E-state index is 8.84. The summed E-state index contributed by atoms with van der Waals surface area (Å²) >= 11 is 5.84. The van der Waals surface area contributed by atoms with Gasteiger partial charge in [0.25, 0.3) is 0 Å². The smallest absolute Gasteiger partial charge is 0.161 e. The van der Waals surface area contributed by atoms with Gasteiger partial charge in [-0.3, -0.25) is 0 Å². The molecule has 0 atom stereocenters. The van der Waals surface area contributed by atoms with Crippen LogP contribution >= 0.6 is 11.6 Å². The van der Waals surface area contributed by atoms with Crippen LogP contribution < -0.4 is 4.90 Å². The van der Waals surface area contributed by atoms with Crippen molar-refractivity contribution >= 4 is 17.4 Å². The number of hydrogen-bond donors (Lipinski definition) is 0. The van der Waals surface area contributed by atoms with Crippen LogP contribution in [0.2, 0.25) is 5.02 Å². The Labute approximate surface area is 94.3 Å². The number of rotatable bonds is 3. The topological polar surface area (TPSA) is 39.9 Å². The molecule has 1 fully saturated rings. The average Bonchev–Trinajstić information content (AvgIpc) is 3.06. The lowest BCUT2D eigenvalue weighted by atomic mass is 10.3. The van der Waals surface area contributed by atoms with E-state index in [9.17, 15) is 0 Å². The van der Waals surface area contributed by atoms with Crippen molar-refractivity contribution in [2.24, 2.45) is 0 Å². The van der Waals surface area contributed by atoms with Gasteiger partial charge in [0.1, 0.15) is 11.9 Å². The Morgan fingerprint density at radius 1 is 1.60 bits per heavy atom. The highest BCUT2D eigenvalue weighted by molar-refractivity contribution is 6.31. The molecule has 15 heavy (non-hydrogen) atoms. The lowest BCUT2D eigenvalue weighted by Gasteiger charge is -2.21. The maximum atomic E-state index is 8.84. The van der Waals surface area contributed by atoms with Crippen LogP contribution in [-0.2, 0) is 0 Å². The molecule has 1 aromatic rings. The van der Waals surface area contributed by atoms with E-state index >= 15 is 0 Å². The first-order valence-electron chi connectivity index (χ1n) is 5.09. The molecule has 4 heteroatoms. The molecule has 1 aliphatic rings. The average molecular weight is 222 g/mol. The molecule has 0 spiro atoms. The summed E-state index contributed by atoms with van der Waals surface area (Å²) < 4.78 is 0. The van der Waals surface area contributed by atoms with Crippen molar-refractivity contribution in [1.29, 1.82) is 5.26 Å². The van der Waals surface area contributed by atoms with Crippen molar-refractivity contribution < 1.29 is 0 Å². The summed E-state index contributed by atoms with van der Waals surface area (Å²) in [4.78, 5) is 6.48. The molecular formula is C11H12ClN3. The van der Waals surface area contributed by atoms with Gasteiger partial charge in [0.2, 0.25) is 0 Å². The first-order chi connectivity index (χ1) is 7.26. The summed E-state index contributed by atoms with van der Waals surface area (Å²) in [5.41, 5.74) is 0.313. The van der Waals surface area contributed by atoms with E-state index in [1.165, 1.54) is 12.8 Å². The van der Waals surface area contributed by atoms with Crippen molar-refractivity contribution in [3.05, 3.63) is 22.8 Å². The number of hydrogen-bond acceptors (Lipinski definition) is 3. The Balaban J connectivity index is 2.31. The second-order valence-electron chi connectivity index (χ2n) is 3.63. The summed E-state index contributed by atoms with van der Waals surface area (Å²) in [6.45, 7) is 3.02. The van der Waals surface area contributed by atoms with Gasteiger partial charge in [0, 0.05) is 12.6 Å². The standard InChI is InChI=1S/C11H12ClN3/c1-2-15(8-3-4-8)11-6-5-9(12)10(7-13)14-11/h5-6,8H,2-4H2,1H3. The Hall–Kier alpha value is -1.27. The largest absolute Gasteiger partial charge is 0.354 e. The highest BCUT2D eigenvalue weighted by Gasteiger charge is 2.29. The first kappa shape index (κ1) is 10.3. The minimum atomic E-state index is 0.313. The fourth-order valence-corrected chi connectivity index (χ4v) is 1.81. The molecule has 0 radical (unpaired) electrons. The molecular weight excluding hydrogens is 210 g/mol.